The van der Waals surface area contributed by atoms with Crippen molar-refractivity contribution in [1.82, 2.24) is 15.0 Å². The van der Waals surface area contributed by atoms with Gasteiger partial charge in [-0.25, -0.2) is 9.97 Å². The number of hydrogen-bond donors (Lipinski definition) is 1. The van der Waals surface area contributed by atoms with E-state index >= 15 is 0 Å². The Morgan fingerprint density at radius 3 is 2.53 bits per heavy atom. The number of hydrogen-bond acceptors (Lipinski definition) is 2. The van der Waals surface area contributed by atoms with Crippen molar-refractivity contribution in [2.45, 2.75) is 26.2 Å². The molecule has 19 heavy (non-hydrogen) atoms. The smallest absolute Gasteiger partial charge is 0.178 e. The number of imidazole rings is 1. The first-order chi connectivity index (χ1) is 9.05. The van der Waals surface area contributed by atoms with Crippen LogP contribution in [0.5, 0.6) is 0 Å². The summed E-state index contributed by atoms with van der Waals surface area (Å²) >= 11 is 0. The average molecular weight is 251 g/mol. The van der Waals surface area contributed by atoms with Crippen LogP contribution in [0.4, 0.5) is 0 Å². The summed E-state index contributed by atoms with van der Waals surface area (Å²) in [5.41, 5.74) is 4.26. The van der Waals surface area contributed by atoms with Crippen LogP contribution in [0.1, 0.15) is 26.3 Å². The van der Waals surface area contributed by atoms with Gasteiger partial charge < -0.3 is 4.98 Å². The Labute approximate surface area is 112 Å². The molecule has 0 bridgehead atoms. The second-order valence-corrected chi connectivity index (χ2v) is 5.76. The van der Waals surface area contributed by atoms with Crippen LogP contribution in [0, 0.1) is 0 Å². The summed E-state index contributed by atoms with van der Waals surface area (Å²) < 4.78 is 0. The van der Waals surface area contributed by atoms with Crippen molar-refractivity contribution in [3.63, 3.8) is 0 Å². The fourth-order valence-corrected chi connectivity index (χ4v) is 2.32. The lowest BCUT2D eigenvalue weighted by atomic mass is 9.83. The number of pyridine rings is 1. The van der Waals surface area contributed by atoms with Crippen LogP contribution >= 0.6 is 0 Å². The van der Waals surface area contributed by atoms with Crippen LogP contribution in [0.25, 0.3) is 22.6 Å². The summed E-state index contributed by atoms with van der Waals surface area (Å²) in [6.07, 6.45) is 1.77. The average Bonchev–Trinajstić information content (AvgIpc) is 2.81. The first-order valence-electron chi connectivity index (χ1n) is 6.46. The van der Waals surface area contributed by atoms with Gasteiger partial charge in [0.25, 0.3) is 0 Å². The number of aromatic nitrogens is 3. The van der Waals surface area contributed by atoms with Crippen molar-refractivity contribution in [2.75, 3.05) is 0 Å². The van der Waals surface area contributed by atoms with Gasteiger partial charge in [-0.05, 0) is 23.1 Å². The molecule has 3 heteroatoms. The molecule has 0 aliphatic heterocycles. The van der Waals surface area contributed by atoms with Crippen LogP contribution in [-0.4, -0.2) is 15.0 Å². The number of benzene rings is 1. The van der Waals surface area contributed by atoms with E-state index in [1.807, 2.05) is 18.2 Å². The van der Waals surface area contributed by atoms with E-state index in [2.05, 4.69) is 53.9 Å². The molecule has 0 fully saturated rings. The van der Waals surface area contributed by atoms with Crippen LogP contribution in [-0.2, 0) is 5.41 Å². The molecule has 3 nitrogen and oxygen atoms in total. The molecule has 0 radical (unpaired) electrons. The van der Waals surface area contributed by atoms with Gasteiger partial charge in [0.2, 0.25) is 0 Å². The molecule has 0 spiro atoms. The number of fused-ring (bicyclic) bond motifs is 1. The molecular formula is C16H17N3. The van der Waals surface area contributed by atoms with Crippen LogP contribution in [0.3, 0.4) is 0 Å². The summed E-state index contributed by atoms with van der Waals surface area (Å²) in [5, 5.41) is 0. The summed E-state index contributed by atoms with van der Waals surface area (Å²) in [7, 11) is 0. The minimum Gasteiger partial charge on any atom is -0.337 e. The van der Waals surface area contributed by atoms with Gasteiger partial charge in [0.1, 0.15) is 5.82 Å². The van der Waals surface area contributed by atoms with Gasteiger partial charge in [-0.1, -0.05) is 45.0 Å². The van der Waals surface area contributed by atoms with E-state index < -0.39 is 0 Å². The first kappa shape index (κ1) is 11.9. The number of nitrogens with one attached hydrogen (secondary N) is 1. The number of H-pyrrole nitrogens is 1. The van der Waals surface area contributed by atoms with Crippen LogP contribution < -0.4 is 0 Å². The molecule has 0 aliphatic rings. The highest BCUT2D eigenvalue weighted by molar-refractivity contribution is 5.76. The Balaban J connectivity index is 2.22. The topological polar surface area (TPSA) is 41.6 Å². The largest absolute Gasteiger partial charge is 0.337 e. The zero-order chi connectivity index (χ0) is 13.5. The number of aromatic amines is 1. The van der Waals surface area contributed by atoms with E-state index in [4.69, 9.17) is 0 Å². The summed E-state index contributed by atoms with van der Waals surface area (Å²) in [6.45, 7) is 6.65. The van der Waals surface area contributed by atoms with Crippen molar-refractivity contribution in [3.05, 3.63) is 48.2 Å². The Morgan fingerprint density at radius 2 is 1.79 bits per heavy atom. The quantitative estimate of drug-likeness (QED) is 0.712. The van der Waals surface area contributed by atoms with E-state index in [1.165, 1.54) is 5.56 Å². The standard InChI is InChI=1S/C16H17N3/c1-16(2,3)12-8-5-4-7-11(12)14-18-13-9-6-10-17-15(13)19-14/h4-10H,1-3H3,(H,17,18,19). The molecular weight excluding hydrogens is 234 g/mol. The minimum atomic E-state index is 0.0863. The van der Waals surface area contributed by atoms with Gasteiger partial charge >= 0.3 is 0 Å². The van der Waals surface area contributed by atoms with Gasteiger partial charge in [-0.3, -0.25) is 0 Å². The lowest BCUT2D eigenvalue weighted by Gasteiger charge is -2.21. The van der Waals surface area contributed by atoms with Crippen molar-refractivity contribution >= 4 is 11.2 Å². The van der Waals surface area contributed by atoms with E-state index in [1.54, 1.807) is 6.20 Å². The SMILES string of the molecule is CC(C)(C)c1ccccc1-c1nc2ncccc2[nH]1. The monoisotopic (exact) mass is 251 g/mol. The molecule has 1 aromatic carbocycles. The summed E-state index contributed by atoms with van der Waals surface area (Å²) in [5.74, 6) is 0.888. The van der Waals surface area contributed by atoms with E-state index in [0.717, 1.165) is 22.6 Å². The third-order valence-corrected chi connectivity index (χ3v) is 3.25. The predicted molar refractivity (Wildman–Crippen MR) is 78.0 cm³/mol. The predicted octanol–water partition coefficient (Wildman–Crippen LogP) is 3.92. The lowest BCUT2D eigenvalue weighted by molar-refractivity contribution is 0.591. The van der Waals surface area contributed by atoms with Crippen molar-refractivity contribution in [2.24, 2.45) is 0 Å². The van der Waals surface area contributed by atoms with Gasteiger partial charge in [-0.15, -0.1) is 0 Å². The first-order valence-corrected chi connectivity index (χ1v) is 6.46. The zero-order valence-electron chi connectivity index (χ0n) is 11.4. The molecule has 1 N–H and O–H groups in total. The van der Waals surface area contributed by atoms with Crippen molar-refractivity contribution in [3.8, 4) is 11.4 Å². The highest BCUT2D eigenvalue weighted by Gasteiger charge is 2.19. The minimum absolute atomic E-state index is 0.0863. The Kier molecular flexibility index (Phi) is 2.63. The molecule has 2 heterocycles. The Bertz CT molecular complexity index is 687. The Morgan fingerprint density at radius 1 is 1.00 bits per heavy atom. The molecule has 0 saturated heterocycles. The van der Waals surface area contributed by atoms with Gasteiger partial charge in [-0.2, -0.15) is 0 Å². The molecule has 0 atom stereocenters. The molecule has 0 amide bonds. The van der Waals surface area contributed by atoms with Crippen LogP contribution in [0.15, 0.2) is 42.6 Å². The molecule has 96 valence electrons. The maximum atomic E-state index is 4.59. The highest BCUT2D eigenvalue weighted by Crippen LogP contribution is 2.31. The third kappa shape index (κ3) is 2.12. The highest BCUT2D eigenvalue weighted by atomic mass is 15.0. The Hall–Kier alpha value is -2.16. The fourth-order valence-electron chi connectivity index (χ4n) is 2.32. The van der Waals surface area contributed by atoms with Crippen LogP contribution in [0.2, 0.25) is 0 Å². The van der Waals surface area contributed by atoms with Gasteiger partial charge in [0, 0.05) is 11.8 Å². The van der Waals surface area contributed by atoms with Gasteiger partial charge in [0.15, 0.2) is 5.65 Å². The maximum absolute atomic E-state index is 4.59. The molecule has 0 aliphatic carbocycles. The summed E-state index contributed by atoms with van der Waals surface area (Å²) in [4.78, 5) is 12.2. The van der Waals surface area contributed by atoms with Crippen molar-refractivity contribution < 1.29 is 0 Å². The van der Waals surface area contributed by atoms with E-state index in [9.17, 15) is 0 Å². The molecule has 3 aromatic rings. The molecule has 0 saturated carbocycles. The molecule has 2 aromatic heterocycles. The summed E-state index contributed by atoms with van der Waals surface area (Å²) in [6, 6.07) is 12.3. The third-order valence-electron chi connectivity index (χ3n) is 3.25. The number of nitrogens with zero attached hydrogens (tertiary/aromatic N) is 2. The van der Waals surface area contributed by atoms with E-state index in [0.29, 0.717) is 0 Å². The molecule has 3 rings (SSSR count). The maximum Gasteiger partial charge on any atom is 0.178 e. The fraction of sp³-hybridized carbons (Fsp3) is 0.250. The second-order valence-electron chi connectivity index (χ2n) is 5.76. The molecule has 0 unspecified atom stereocenters. The van der Waals surface area contributed by atoms with Gasteiger partial charge in [0.05, 0.1) is 5.52 Å². The number of rotatable bonds is 1. The zero-order valence-corrected chi connectivity index (χ0v) is 11.4. The lowest BCUT2D eigenvalue weighted by Crippen LogP contribution is -2.12. The van der Waals surface area contributed by atoms with E-state index in [-0.39, 0.29) is 5.41 Å². The normalized spacial score (nSPS) is 11.9. The van der Waals surface area contributed by atoms with Crippen molar-refractivity contribution in [1.29, 1.82) is 0 Å². The second kappa shape index (κ2) is 4.19.